The van der Waals surface area contributed by atoms with Crippen LogP contribution in [0.1, 0.15) is 201 Å². The van der Waals surface area contributed by atoms with Gasteiger partial charge in [0.05, 0.1) is 0 Å². The first-order valence-electron chi connectivity index (χ1n) is 21.8. The molecule has 0 bridgehead atoms. The van der Waals surface area contributed by atoms with Crippen molar-refractivity contribution in [1.29, 1.82) is 0 Å². The highest BCUT2D eigenvalue weighted by Crippen LogP contribution is 2.12. The minimum Gasteiger partial charge on any atom is -0.462 e. The molecule has 0 amide bonds. The molecule has 0 fully saturated rings. The number of ether oxygens (including phenoxy) is 3. The molecule has 0 N–H and O–H groups in total. The van der Waals surface area contributed by atoms with E-state index in [0.717, 1.165) is 70.6 Å². The third-order valence-electron chi connectivity index (χ3n) is 8.98. The molecule has 0 aliphatic carbocycles. The molecule has 0 spiro atoms. The van der Waals surface area contributed by atoms with Gasteiger partial charge < -0.3 is 14.2 Å². The van der Waals surface area contributed by atoms with Gasteiger partial charge in [-0.15, -0.1) is 0 Å². The molecule has 0 aromatic heterocycles. The van der Waals surface area contributed by atoms with Crippen molar-refractivity contribution in [2.75, 3.05) is 13.2 Å². The molecule has 53 heavy (non-hydrogen) atoms. The summed E-state index contributed by atoms with van der Waals surface area (Å²) < 4.78 is 16.6. The molecule has 1 atom stereocenters. The predicted molar refractivity (Wildman–Crippen MR) is 224 cm³/mol. The number of hydrogen-bond donors (Lipinski definition) is 0. The number of unbranched alkanes of at least 4 members (excludes halogenated alkanes) is 17. The fourth-order valence-corrected chi connectivity index (χ4v) is 5.69. The summed E-state index contributed by atoms with van der Waals surface area (Å²) in [5.41, 5.74) is 0. The molecular formula is C47H80O6. The van der Waals surface area contributed by atoms with Gasteiger partial charge >= 0.3 is 17.9 Å². The summed E-state index contributed by atoms with van der Waals surface area (Å²) in [5, 5.41) is 0. The van der Waals surface area contributed by atoms with E-state index < -0.39 is 6.10 Å². The van der Waals surface area contributed by atoms with Gasteiger partial charge in [-0.2, -0.15) is 0 Å². The Balaban J connectivity index is 4.36. The van der Waals surface area contributed by atoms with E-state index in [-0.39, 0.29) is 37.5 Å². The molecule has 6 nitrogen and oxygen atoms in total. The molecule has 0 aromatic rings. The zero-order valence-corrected chi connectivity index (χ0v) is 34.5. The summed E-state index contributed by atoms with van der Waals surface area (Å²) in [6.45, 7) is 6.37. The van der Waals surface area contributed by atoms with Crippen molar-refractivity contribution in [2.45, 2.75) is 207 Å². The van der Waals surface area contributed by atoms with Crippen molar-refractivity contribution >= 4 is 17.9 Å². The molecule has 1 unspecified atom stereocenters. The van der Waals surface area contributed by atoms with Crippen LogP contribution in [0.25, 0.3) is 0 Å². The lowest BCUT2D eigenvalue weighted by atomic mass is 10.1. The van der Waals surface area contributed by atoms with E-state index in [1.54, 1.807) is 0 Å². The Kier molecular flexibility index (Phi) is 39.6. The minimum absolute atomic E-state index is 0.101. The van der Waals surface area contributed by atoms with Gasteiger partial charge in [0.2, 0.25) is 0 Å². The molecule has 0 rings (SSSR count). The Morgan fingerprint density at radius 2 is 0.755 bits per heavy atom. The summed E-state index contributed by atoms with van der Waals surface area (Å²) in [4.78, 5) is 37.5. The van der Waals surface area contributed by atoms with Crippen LogP contribution in [0.4, 0.5) is 0 Å². The standard InChI is InChI=1S/C47H80O6/c1-4-7-10-13-16-19-20-21-22-23-24-25-26-29-31-34-37-40-46(49)52-43-44(53-47(50)41-38-35-32-28-18-15-12-9-6-3)42-51-45(48)39-36-33-30-27-17-14-11-8-5-2/h9,12,16,18-19,21-22,27-28,30,44H,4-8,10-11,13-15,17,20,23-26,29,31-43H2,1-3H3/b12-9-,19-16-,22-21-,28-18-,30-27-. The number of carbonyl (C=O) groups is 3. The molecule has 304 valence electrons. The van der Waals surface area contributed by atoms with E-state index in [4.69, 9.17) is 14.2 Å². The Bertz CT molecular complexity index is 991. The van der Waals surface area contributed by atoms with Crippen LogP contribution in [0.5, 0.6) is 0 Å². The van der Waals surface area contributed by atoms with E-state index in [9.17, 15) is 14.4 Å². The summed E-state index contributed by atoms with van der Waals surface area (Å²) in [7, 11) is 0. The van der Waals surface area contributed by atoms with Gasteiger partial charge in [-0.25, -0.2) is 0 Å². The summed E-state index contributed by atoms with van der Waals surface area (Å²) in [6.07, 6.45) is 49.4. The third-order valence-corrected chi connectivity index (χ3v) is 8.98. The number of rotatable bonds is 38. The van der Waals surface area contributed by atoms with Crippen LogP contribution in [-0.4, -0.2) is 37.2 Å². The fraction of sp³-hybridized carbons (Fsp3) is 0.723. The monoisotopic (exact) mass is 741 g/mol. The first kappa shape index (κ1) is 50.1. The average molecular weight is 741 g/mol. The van der Waals surface area contributed by atoms with Crippen molar-refractivity contribution in [3.05, 3.63) is 60.8 Å². The van der Waals surface area contributed by atoms with Gasteiger partial charge in [-0.3, -0.25) is 14.4 Å². The van der Waals surface area contributed by atoms with E-state index >= 15 is 0 Å². The molecule has 0 aliphatic rings. The molecule has 0 radical (unpaired) electrons. The van der Waals surface area contributed by atoms with Crippen LogP contribution in [0.2, 0.25) is 0 Å². The van der Waals surface area contributed by atoms with Gasteiger partial charge in [-0.1, -0.05) is 146 Å². The Morgan fingerprint density at radius 1 is 0.396 bits per heavy atom. The Morgan fingerprint density at radius 3 is 1.30 bits per heavy atom. The normalized spacial score (nSPS) is 12.6. The maximum absolute atomic E-state index is 12.6. The average Bonchev–Trinajstić information content (AvgIpc) is 3.15. The van der Waals surface area contributed by atoms with Crippen molar-refractivity contribution in [2.24, 2.45) is 0 Å². The third kappa shape index (κ3) is 40.1. The molecule has 0 aliphatic heterocycles. The first-order chi connectivity index (χ1) is 26.0. The lowest BCUT2D eigenvalue weighted by molar-refractivity contribution is -0.167. The van der Waals surface area contributed by atoms with Crippen LogP contribution >= 0.6 is 0 Å². The van der Waals surface area contributed by atoms with Crippen molar-refractivity contribution in [3.63, 3.8) is 0 Å². The topological polar surface area (TPSA) is 78.9 Å². The second kappa shape index (κ2) is 41.9. The van der Waals surface area contributed by atoms with Gasteiger partial charge in [0, 0.05) is 19.3 Å². The summed E-state index contributed by atoms with van der Waals surface area (Å²) in [6, 6.07) is 0. The van der Waals surface area contributed by atoms with Crippen molar-refractivity contribution in [3.8, 4) is 0 Å². The van der Waals surface area contributed by atoms with Crippen LogP contribution in [0, 0.1) is 0 Å². The molecule has 0 heterocycles. The van der Waals surface area contributed by atoms with Gasteiger partial charge in [0.25, 0.3) is 0 Å². The smallest absolute Gasteiger partial charge is 0.306 e. The van der Waals surface area contributed by atoms with Crippen LogP contribution in [0.15, 0.2) is 60.8 Å². The Hall–Kier alpha value is -2.89. The van der Waals surface area contributed by atoms with Crippen molar-refractivity contribution < 1.29 is 28.6 Å². The van der Waals surface area contributed by atoms with Crippen molar-refractivity contribution in [1.82, 2.24) is 0 Å². The second-order valence-corrected chi connectivity index (χ2v) is 14.2. The second-order valence-electron chi connectivity index (χ2n) is 14.2. The Labute approximate surface area is 326 Å². The number of allylic oxidation sites excluding steroid dienone is 10. The first-order valence-corrected chi connectivity index (χ1v) is 21.8. The lowest BCUT2D eigenvalue weighted by Crippen LogP contribution is -2.30. The van der Waals surface area contributed by atoms with Crippen LogP contribution in [0.3, 0.4) is 0 Å². The van der Waals surface area contributed by atoms with E-state index in [1.165, 1.54) is 77.0 Å². The molecule has 6 heteroatoms. The maximum atomic E-state index is 12.6. The van der Waals surface area contributed by atoms with E-state index in [1.807, 2.05) is 0 Å². The molecule has 0 saturated carbocycles. The van der Waals surface area contributed by atoms with Gasteiger partial charge in [-0.05, 0) is 96.3 Å². The van der Waals surface area contributed by atoms with Gasteiger partial charge in [0.1, 0.15) is 13.2 Å². The molecular weight excluding hydrogens is 661 g/mol. The van der Waals surface area contributed by atoms with Crippen LogP contribution in [-0.2, 0) is 28.6 Å². The predicted octanol–water partition coefficient (Wildman–Crippen LogP) is 13.7. The SMILES string of the molecule is CC/C=C\C/C=C\CCCCC(=O)OC(COC(=O)CCC/C=C\CCCCCC)COC(=O)CCCCCCCCC/C=C\C/C=C\CCCCC. The van der Waals surface area contributed by atoms with Gasteiger partial charge in [0.15, 0.2) is 6.10 Å². The zero-order valence-electron chi connectivity index (χ0n) is 34.5. The molecule has 0 aromatic carbocycles. The van der Waals surface area contributed by atoms with E-state index in [2.05, 4.69) is 81.5 Å². The number of esters is 3. The lowest BCUT2D eigenvalue weighted by Gasteiger charge is -2.18. The highest BCUT2D eigenvalue weighted by Gasteiger charge is 2.19. The highest BCUT2D eigenvalue weighted by molar-refractivity contribution is 5.71. The number of hydrogen-bond acceptors (Lipinski definition) is 6. The largest absolute Gasteiger partial charge is 0.462 e. The molecule has 0 saturated heterocycles. The summed E-state index contributed by atoms with van der Waals surface area (Å²) >= 11 is 0. The maximum Gasteiger partial charge on any atom is 0.306 e. The summed E-state index contributed by atoms with van der Waals surface area (Å²) in [5.74, 6) is -0.990. The van der Waals surface area contributed by atoms with Crippen LogP contribution < -0.4 is 0 Å². The highest BCUT2D eigenvalue weighted by atomic mass is 16.6. The van der Waals surface area contributed by atoms with E-state index in [0.29, 0.717) is 25.7 Å². The zero-order chi connectivity index (χ0) is 38.7. The quantitative estimate of drug-likeness (QED) is 0.0271. The fourth-order valence-electron chi connectivity index (χ4n) is 5.69. The minimum atomic E-state index is -0.800. The number of carbonyl (C=O) groups excluding carboxylic acids is 3.